The monoisotopic (exact) mass is 311 g/mol. The predicted molar refractivity (Wildman–Crippen MR) is 89.7 cm³/mol. The van der Waals surface area contributed by atoms with Crippen LogP contribution >= 0.6 is 0 Å². The molecule has 5 heteroatoms. The molecule has 2 heterocycles. The fourth-order valence-electron chi connectivity index (χ4n) is 2.93. The molecule has 3 rings (SSSR count). The van der Waals surface area contributed by atoms with Crippen LogP contribution in [0.3, 0.4) is 0 Å². The van der Waals surface area contributed by atoms with Crippen LogP contribution < -0.4 is 5.32 Å². The highest BCUT2D eigenvalue weighted by Gasteiger charge is 2.20. The van der Waals surface area contributed by atoms with Gasteiger partial charge in [-0.15, -0.1) is 0 Å². The van der Waals surface area contributed by atoms with Crippen LogP contribution in [-0.2, 0) is 13.0 Å². The van der Waals surface area contributed by atoms with E-state index in [9.17, 15) is 4.79 Å². The summed E-state index contributed by atoms with van der Waals surface area (Å²) < 4.78 is 0. The Kier molecular flexibility index (Phi) is 4.57. The largest absolute Gasteiger partial charge is 0.477 e. The molecule has 0 aliphatic carbocycles. The Bertz CT molecular complexity index is 702. The second kappa shape index (κ2) is 6.79. The molecule has 0 amide bonds. The molecule has 1 aliphatic rings. The first-order valence-electron chi connectivity index (χ1n) is 7.88. The van der Waals surface area contributed by atoms with Crippen LogP contribution in [0, 0.1) is 0 Å². The van der Waals surface area contributed by atoms with Gasteiger partial charge in [0.05, 0.1) is 0 Å². The van der Waals surface area contributed by atoms with Gasteiger partial charge in [0.15, 0.2) is 5.69 Å². The number of hydrogen-bond acceptors (Lipinski definition) is 4. The molecule has 0 radical (unpaired) electrons. The van der Waals surface area contributed by atoms with Gasteiger partial charge in [0.25, 0.3) is 0 Å². The third kappa shape index (κ3) is 3.68. The van der Waals surface area contributed by atoms with Gasteiger partial charge in [-0.3, -0.25) is 4.90 Å². The SMILES string of the molecule is C[C@H](CNc1cccc(C(=O)O)n1)N1CCc2ccccc2C1. The minimum atomic E-state index is -1.01. The highest BCUT2D eigenvalue weighted by Crippen LogP contribution is 2.20. The molecule has 120 valence electrons. The van der Waals surface area contributed by atoms with E-state index in [1.165, 1.54) is 17.2 Å². The average molecular weight is 311 g/mol. The van der Waals surface area contributed by atoms with E-state index in [0.29, 0.717) is 11.9 Å². The summed E-state index contributed by atoms with van der Waals surface area (Å²) in [5.41, 5.74) is 2.91. The van der Waals surface area contributed by atoms with Crippen molar-refractivity contribution in [3.05, 3.63) is 59.3 Å². The summed E-state index contributed by atoms with van der Waals surface area (Å²) in [5, 5.41) is 12.2. The lowest BCUT2D eigenvalue weighted by atomic mass is 9.99. The van der Waals surface area contributed by atoms with E-state index >= 15 is 0 Å². The van der Waals surface area contributed by atoms with Crippen LogP contribution in [0.25, 0.3) is 0 Å². The zero-order valence-electron chi connectivity index (χ0n) is 13.2. The smallest absolute Gasteiger partial charge is 0.354 e. The van der Waals surface area contributed by atoms with Gasteiger partial charge < -0.3 is 10.4 Å². The van der Waals surface area contributed by atoms with Crippen molar-refractivity contribution < 1.29 is 9.90 Å². The highest BCUT2D eigenvalue weighted by atomic mass is 16.4. The topological polar surface area (TPSA) is 65.5 Å². The van der Waals surface area contributed by atoms with Gasteiger partial charge in [0.1, 0.15) is 5.82 Å². The van der Waals surface area contributed by atoms with Gasteiger partial charge in [-0.2, -0.15) is 0 Å². The number of pyridine rings is 1. The summed E-state index contributed by atoms with van der Waals surface area (Å²) in [7, 11) is 0. The lowest BCUT2D eigenvalue weighted by Gasteiger charge is -2.33. The predicted octanol–water partition coefficient (Wildman–Crippen LogP) is 2.64. The lowest BCUT2D eigenvalue weighted by Crippen LogP contribution is -2.41. The quantitative estimate of drug-likeness (QED) is 0.888. The summed E-state index contributed by atoms with van der Waals surface area (Å²) in [6, 6.07) is 13.9. The number of aromatic carboxylic acids is 1. The van der Waals surface area contributed by atoms with Crippen molar-refractivity contribution in [2.75, 3.05) is 18.4 Å². The minimum absolute atomic E-state index is 0.0644. The van der Waals surface area contributed by atoms with E-state index in [1.54, 1.807) is 12.1 Å². The summed E-state index contributed by atoms with van der Waals surface area (Å²) in [5.74, 6) is -0.400. The molecule has 2 aromatic rings. The van der Waals surface area contributed by atoms with Crippen LogP contribution in [0.1, 0.15) is 28.5 Å². The Morgan fingerprint density at radius 3 is 2.83 bits per heavy atom. The number of nitrogens with one attached hydrogen (secondary N) is 1. The van der Waals surface area contributed by atoms with Gasteiger partial charge in [0, 0.05) is 25.7 Å². The molecule has 1 atom stereocenters. The van der Waals surface area contributed by atoms with Crippen LogP contribution in [-0.4, -0.2) is 40.1 Å². The van der Waals surface area contributed by atoms with Crippen LogP contribution in [0.15, 0.2) is 42.5 Å². The lowest BCUT2D eigenvalue weighted by molar-refractivity contribution is 0.0690. The van der Waals surface area contributed by atoms with Gasteiger partial charge in [-0.25, -0.2) is 9.78 Å². The van der Waals surface area contributed by atoms with Crippen molar-refractivity contribution in [2.24, 2.45) is 0 Å². The number of benzene rings is 1. The maximum absolute atomic E-state index is 11.0. The van der Waals surface area contributed by atoms with E-state index in [-0.39, 0.29) is 5.69 Å². The van der Waals surface area contributed by atoms with E-state index in [1.807, 2.05) is 0 Å². The first-order chi connectivity index (χ1) is 11.1. The summed E-state index contributed by atoms with van der Waals surface area (Å²) in [4.78, 5) is 17.5. The van der Waals surface area contributed by atoms with Gasteiger partial charge in [-0.05, 0) is 36.6 Å². The van der Waals surface area contributed by atoms with Crippen LogP contribution in [0.4, 0.5) is 5.82 Å². The molecule has 0 bridgehead atoms. The Morgan fingerprint density at radius 2 is 2.04 bits per heavy atom. The fraction of sp³-hybridized carbons (Fsp3) is 0.333. The van der Waals surface area contributed by atoms with Gasteiger partial charge >= 0.3 is 5.97 Å². The molecular formula is C18H21N3O2. The highest BCUT2D eigenvalue weighted by molar-refractivity contribution is 5.85. The molecule has 1 aromatic heterocycles. The summed E-state index contributed by atoms with van der Waals surface area (Å²) >= 11 is 0. The second-order valence-corrected chi connectivity index (χ2v) is 5.93. The maximum atomic E-state index is 11.0. The van der Waals surface area contributed by atoms with Crippen molar-refractivity contribution >= 4 is 11.8 Å². The molecule has 23 heavy (non-hydrogen) atoms. The number of carbonyl (C=O) groups is 1. The number of carboxylic acid groups (broad SMARTS) is 1. The molecular weight excluding hydrogens is 290 g/mol. The fourth-order valence-corrected chi connectivity index (χ4v) is 2.93. The number of anilines is 1. The van der Waals surface area contributed by atoms with Crippen molar-refractivity contribution in [3.8, 4) is 0 Å². The molecule has 0 spiro atoms. The Labute approximate surface area is 136 Å². The van der Waals surface area contributed by atoms with Crippen LogP contribution in [0.2, 0.25) is 0 Å². The molecule has 0 unspecified atom stereocenters. The summed E-state index contributed by atoms with van der Waals surface area (Å²) in [6.45, 7) is 4.92. The van der Waals surface area contributed by atoms with Crippen molar-refractivity contribution in [2.45, 2.75) is 25.9 Å². The average Bonchev–Trinajstić information content (AvgIpc) is 2.59. The van der Waals surface area contributed by atoms with E-state index < -0.39 is 5.97 Å². The second-order valence-electron chi connectivity index (χ2n) is 5.93. The molecule has 0 saturated heterocycles. The van der Waals surface area contributed by atoms with E-state index in [2.05, 4.69) is 46.4 Å². The first-order valence-corrected chi connectivity index (χ1v) is 7.88. The van der Waals surface area contributed by atoms with Gasteiger partial charge in [-0.1, -0.05) is 30.3 Å². The van der Waals surface area contributed by atoms with Crippen molar-refractivity contribution in [3.63, 3.8) is 0 Å². The number of hydrogen-bond donors (Lipinski definition) is 2. The Hall–Kier alpha value is -2.40. The minimum Gasteiger partial charge on any atom is -0.477 e. The number of rotatable bonds is 5. The molecule has 0 fully saturated rings. The number of fused-ring (bicyclic) bond motifs is 1. The molecule has 1 aliphatic heterocycles. The number of aromatic nitrogens is 1. The standard InChI is InChI=1S/C18H21N3O2/c1-13(11-19-17-8-4-7-16(20-17)18(22)23)21-10-9-14-5-2-3-6-15(14)12-21/h2-8,13H,9-12H2,1H3,(H,19,20)(H,22,23)/t13-/m1/s1. The first kappa shape index (κ1) is 15.5. The molecule has 1 aromatic carbocycles. The van der Waals surface area contributed by atoms with Crippen LogP contribution in [0.5, 0.6) is 0 Å². The number of nitrogens with zero attached hydrogens (tertiary/aromatic N) is 2. The van der Waals surface area contributed by atoms with Crippen molar-refractivity contribution in [1.29, 1.82) is 0 Å². The van der Waals surface area contributed by atoms with Gasteiger partial charge in [0.2, 0.25) is 0 Å². The Morgan fingerprint density at radius 1 is 1.26 bits per heavy atom. The zero-order valence-corrected chi connectivity index (χ0v) is 13.2. The zero-order chi connectivity index (χ0) is 16.2. The summed E-state index contributed by atoms with van der Waals surface area (Å²) in [6.07, 6.45) is 1.08. The van der Waals surface area contributed by atoms with E-state index in [4.69, 9.17) is 5.11 Å². The maximum Gasteiger partial charge on any atom is 0.354 e. The normalized spacial score (nSPS) is 15.7. The van der Waals surface area contributed by atoms with E-state index in [0.717, 1.165) is 26.1 Å². The Balaban J connectivity index is 1.59. The third-order valence-electron chi connectivity index (χ3n) is 4.33. The third-order valence-corrected chi connectivity index (χ3v) is 4.33. The van der Waals surface area contributed by atoms with Crippen molar-refractivity contribution in [1.82, 2.24) is 9.88 Å². The molecule has 2 N–H and O–H groups in total. The molecule has 5 nitrogen and oxygen atoms in total. The number of carboxylic acids is 1. The molecule has 0 saturated carbocycles.